The van der Waals surface area contributed by atoms with E-state index >= 15 is 0 Å². The molecule has 2 aromatic rings. The average Bonchev–Trinajstić information content (AvgIpc) is 2.46. The third-order valence-corrected chi connectivity index (χ3v) is 2.51. The van der Waals surface area contributed by atoms with Gasteiger partial charge in [-0.3, -0.25) is 0 Å². The van der Waals surface area contributed by atoms with Crippen molar-refractivity contribution < 1.29 is 9.90 Å². The molecule has 0 aliphatic heterocycles. The molecule has 6 nitrogen and oxygen atoms in total. The highest BCUT2D eigenvalue weighted by molar-refractivity contribution is 14.1. The second-order valence-corrected chi connectivity index (χ2v) is 3.76. The van der Waals surface area contributed by atoms with Gasteiger partial charge in [0.25, 0.3) is 0 Å². The van der Waals surface area contributed by atoms with E-state index in [0.717, 1.165) is 3.57 Å². The Bertz CT molecular complexity index is 522. The maximum absolute atomic E-state index is 10.7. The number of hydrogen-bond donors (Lipinski definition) is 3. The first-order chi connectivity index (χ1) is 6.59. The lowest BCUT2D eigenvalue weighted by molar-refractivity contribution is 0.0692. The molecule has 0 radical (unpaired) electrons. The number of carboxylic acids is 1. The Balaban J connectivity index is 2.80. The normalized spacial score (nSPS) is 10.6. The number of fused-ring (bicyclic) bond motifs is 1. The van der Waals surface area contributed by atoms with E-state index in [1.165, 1.54) is 0 Å². The van der Waals surface area contributed by atoms with Crippen LogP contribution in [0.5, 0.6) is 0 Å². The van der Waals surface area contributed by atoms with E-state index in [1.54, 1.807) is 6.20 Å². The molecule has 0 amide bonds. The molecule has 0 unspecified atom stereocenters. The fourth-order valence-electron chi connectivity index (χ4n) is 1.07. The van der Waals surface area contributed by atoms with Crippen LogP contribution in [0.15, 0.2) is 6.20 Å². The Morgan fingerprint density at radius 1 is 1.57 bits per heavy atom. The van der Waals surface area contributed by atoms with Gasteiger partial charge in [0, 0.05) is 6.20 Å². The summed E-state index contributed by atoms with van der Waals surface area (Å²) in [5.41, 5.74) is 6.23. The van der Waals surface area contributed by atoms with Crippen molar-refractivity contribution in [3.05, 3.63) is 15.5 Å². The minimum atomic E-state index is -1.17. The molecule has 14 heavy (non-hydrogen) atoms. The number of nitrogens with zero attached hydrogens (tertiary/aromatic N) is 2. The van der Waals surface area contributed by atoms with E-state index in [0.29, 0.717) is 11.2 Å². The number of anilines is 1. The van der Waals surface area contributed by atoms with Crippen molar-refractivity contribution in [1.29, 1.82) is 0 Å². The molecule has 4 N–H and O–H groups in total. The number of rotatable bonds is 1. The summed E-state index contributed by atoms with van der Waals surface area (Å²) in [7, 11) is 0. The van der Waals surface area contributed by atoms with Gasteiger partial charge in [0.15, 0.2) is 17.2 Å². The zero-order chi connectivity index (χ0) is 10.3. The van der Waals surface area contributed by atoms with Crippen molar-refractivity contribution >= 4 is 45.5 Å². The fraction of sp³-hybridized carbons (Fsp3) is 0. The smallest absolute Gasteiger partial charge is 0.358 e. The van der Waals surface area contributed by atoms with Crippen LogP contribution in [0.2, 0.25) is 0 Å². The molecule has 0 aromatic carbocycles. The molecule has 2 aromatic heterocycles. The molecule has 0 aliphatic rings. The van der Waals surface area contributed by atoms with Crippen LogP contribution < -0.4 is 5.73 Å². The minimum absolute atomic E-state index is 0.0803. The molecule has 2 heterocycles. The van der Waals surface area contributed by atoms with E-state index in [2.05, 4.69) is 15.0 Å². The second kappa shape index (κ2) is 3.08. The molecule has 0 saturated carbocycles. The molecule has 0 saturated heterocycles. The predicted octanol–water partition coefficient (Wildman–Crippen LogP) is 0.843. The van der Waals surface area contributed by atoms with E-state index in [9.17, 15) is 4.79 Å². The number of nitrogens with two attached hydrogens (primary N) is 1. The molecular formula is C7H5IN4O2. The van der Waals surface area contributed by atoms with Gasteiger partial charge in [0.05, 0.1) is 3.57 Å². The summed E-state index contributed by atoms with van der Waals surface area (Å²) in [5, 5.41) is 8.76. The van der Waals surface area contributed by atoms with Crippen LogP contribution >= 0.6 is 22.6 Å². The first kappa shape index (κ1) is 9.19. The van der Waals surface area contributed by atoms with Crippen molar-refractivity contribution in [2.24, 2.45) is 0 Å². The number of carbonyl (C=O) groups is 1. The van der Waals surface area contributed by atoms with Crippen LogP contribution in [-0.4, -0.2) is 26.0 Å². The van der Waals surface area contributed by atoms with E-state index < -0.39 is 5.97 Å². The van der Waals surface area contributed by atoms with Crippen LogP contribution in [0.1, 0.15) is 10.5 Å². The summed E-state index contributed by atoms with van der Waals surface area (Å²) in [5.74, 6) is -1.25. The number of aromatic amines is 1. The van der Waals surface area contributed by atoms with Gasteiger partial charge in [-0.05, 0) is 22.6 Å². The predicted molar refractivity (Wildman–Crippen MR) is 58.0 cm³/mol. The zero-order valence-corrected chi connectivity index (χ0v) is 8.94. The summed E-state index contributed by atoms with van der Waals surface area (Å²) < 4.78 is 0.813. The fourth-order valence-corrected chi connectivity index (χ4v) is 1.60. The molecule has 0 bridgehead atoms. The average molecular weight is 304 g/mol. The van der Waals surface area contributed by atoms with Crippen LogP contribution in [0.25, 0.3) is 11.2 Å². The summed E-state index contributed by atoms with van der Waals surface area (Å²) >= 11 is 2.04. The second-order valence-electron chi connectivity index (χ2n) is 2.60. The van der Waals surface area contributed by atoms with Crippen molar-refractivity contribution in [3.63, 3.8) is 0 Å². The Labute approximate surface area is 91.7 Å². The molecule has 0 fully saturated rings. The molecule has 7 heteroatoms. The molecule has 0 spiro atoms. The third-order valence-electron chi connectivity index (χ3n) is 1.69. The van der Waals surface area contributed by atoms with Crippen molar-refractivity contribution in [2.45, 2.75) is 0 Å². The minimum Gasteiger partial charge on any atom is -0.476 e. The zero-order valence-electron chi connectivity index (χ0n) is 6.78. The van der Waals surface area contributed by atoms with Gasteiger partial charge in [0.2, 0.25) is 0 Å². The van der Waals surface area contributed by atoms with Crippen LogP contribution in [0.4, 0.5) is 5.82 Å². The van der Waals surface area contributed by atoms with Gasteiger partial charge < -0.3 is 15.8 Å². The maximum Gasteiger partial charge on any atom is 0.358 e. The number of aromatic nitrogens is 3. The summed E-state index contributed by atoms with van der Waals surface area (Å²) in [6.45, 7) is 0. The van der Waals surface area contributed by atoms with E-state index in [4.69, 9.17) is 10.8 Å². The van der Waals surface area contributed by atoms with Gasteiger partial charge in [-0.2, -0.15) is 0 Å². The van der Waals surface area contributed by atoms with Crippen LogP contribution in [0, 0.1) is 3.57 Å². The number of nitrogens with one attached hydrogen (secondary N) is 1. The first-order valence-corrected chi connectivity index (χ1v) is 4.71. The number of nitrogen functional groups attached to an aromatic ring is 1. The van der Waals surface area contributed by atoms with Gasteiger partial charge in [-0.1, -0.05) is 0 Å². The van der Waals surface area contributed by atoms with E-state index in [-0.39, 0.29) is 11.5 Å². The van der Waals surface area contributed by atoms with Crippen molar-refractivity contribution in [2.75, 3.05) is 5.73 Å². The highest BCUT2D eigenvalue weighted by Crippen LogP contribution is 2.18. The van der Waals surface area contributed by atoms with Gasteiger partial charge in [0.1, 0.15) is 5.52 Å². The maximum atomic E-state index is 10.7. The Kier molecular flexibility index (Phi) is 2.02. The van der Waals surface area contributed by atoms with Gasteiger partial charge in [-0.15, -0.1) is 0 Å². The highest BCUT2D eigenvalue weighted by Gasteiger charge is 2.14. The molecule has 2 rings (SSSR count). The van der Waals surface area contributed by atoms with Crippen LogP contribution in [0.3, 0.4) is 0 Å². The number of H-pyrrole nitrogens is 1. The Hall–Kier alpha value is -1.38. The van der Waals surface area contributed by atoms with E-state index in [1.807, 2.05) is 22.6 Å². The number of hydrogen-bond acceptors (Lipinski definition) is 4. The molecule has 72 valence electrons. The summed E-state index contributed by atoms with van der Waals surface area (Å²) in [4.78, 5) is 21.3. The lowest BCUT2D eigenvalue weighted by atomic mass is 10.4. The Morgan fingerprint density at radius 3 is 2.93 bits per heavy atom. The lowest BCUT2D eigenvalue weighted by Crippen LogP contribution is -2.07. The SMILES string of the molecule is Nc1nc2[nH]cc(I)c2nc1C(=O)O. The highest BCUT2D eigenvalue weighted by atomic mass is 127. The third kappa shape index (κ3) is 1.29. The Morgan fingerprint density at radius 2 is 2.29 bits per heavy atom. The summed E-state index contributed by atoms with van der Waals surface area (Å²) in [6.07, 6.45) is 1.69. The van der Waals surface area contributed by atoms with Crippen molar-refractivity contribution in [3.8, 4) is 0 Å². The monoisotopic (exact) mass is 304 g/mol. The first-order valence-electron chi connectivity index (χ1n) is 3.63. The quantitative estimate of drug-likeness (QED) is 0.677. The van der Waals surface area contributed by atoms with Gasteiger partial charge >= 0.3 is 5.97 Å². The topological polar surface area (TPSA) is 105 Å². The lowest BCUT2D eigenvalue weighted by Gasteiger charge is -1.98. The van der Waals surface area contributed by atoms with Crippen LogP contribution in [-0.2, 0) is 0 Å². The largest absolute Gasteiger partial charge is 0.476 e. The molecular weight excluding hydrogens is 299 g/mol. The number of aromatic carboxylic acids is 1. The van der Waals surface area contributed by atoms with Crippen molar-refractivity contribution in [1.82, 2.24) is 15.0 Å². The number of carboxylic acid groups (broad SMARTS) is 1. The molecule has 0 atom stereocenters. The van der Waals surface area contributed by atoms with Gasteiger partial charge in [-0.25, -0.2) is 14.8 Å². The number of halogens is 1. The summed E-state index contributed by atoms with van der Waals surface area (Å²) in [6, 6.07) is 0. The molecule has 0 aliphatic carbocycles. The standard InChI is InChI=1S/C7H5IN4O2/c8-2-1-10-6-3(2)11-4(7(13)14)5(9)12-6/h1H,(H,13,14)(H3,9,10,12).